The van der Waals surface area contributed by atoms with Gasteiger partial charge in [-0.3, -0.25) is 9.67 Å². The first-order valence-electron chi connectivity index (χ1n) is 7.65. The number of nitrogens with zero attached hydrogens (tertiary/aromatic N) is 5. The molecule has 2 heterocycles. The summed E-state index contributed by atoms with van der Waals surface area (Å²) in [5.41, 5.74) is 1.85. The zero-order valence-corrected chi connectivity index (χ0v) is 17.4. The second-order valence-electron chi connectivity index (χ2n) is 5.25. The lowest BCUT2D eigenvalue weighted by Gasteiger charge is -2.10. The summed E-state index contributed by atoms with van der Waals surface area (Å²) in [5.74, 6) is 1.58. The molecule has 0 saturated carbocycles. The Morgan fingerprint density at radius 3 is 2.77 bits per heavy atom. The van der Waals surface area contributed by atoms with Crippen LogP contribution in [0.4, 0.5) is 0 Å². The molecule has 8 nitrogen and oxygen atoms in total. The fourth-order valence-corrected chi connectivity index (χ4v) is 2.39. The van der Waals surface area contributed by atoms with Crippen molar-refractivity contribution < 1.29 is 4.52 Å². The monoisotopic (exact) mass is 487 g/mol. The summed E-state index contributed by atoms with van der Waals surface area (Å²) in [6.45, 7) is 0.965. The first-order chi connectivity index (χ1) is 12.2. The summed E-state index contributed by atoms with van der Waals surface area (Å²) in [6.07, 6.45) is 1.75. The molecular weight excluding hydrogens is 469 g/mol. The Morgan fingerprint density at radius 1 is 1.27 bits per heavy atom. The van der Waals surface area contributed by atoms with Crippen LogP contribution in [0.5, 0.6) is 0 Å². The quantitative estimate of drug-likeness (QED) is 0.326. The van der Waals surface area contributed by atoms with Crippen LogP contribution in [0.25, 0.3) is 11.4 Å². The molecule has 26 heavy (non-hydrogen) atoms. The van der Waals surface area contributed by atoms with Gasteiger partial charge in [-0.05, 0) is 18.2 Å². The van der Waals surface area contributed by atoms with Crippen molar-refractivity contribution in [2.24, 2.45) is 12.0 Å². The second kappa shape index (κ2) is 9.53. The number of nitrogens with one attached hydrogen (secondary N) is 2. The maximum Gasteiger partial charge on any atom is 0.246 e. The lowest BCUT2D eigenvalue weighted by molar-refractivity contribution is 0.375. The molecule has 0 saturated heterocycles. The molecule has 0 unspecified atom stereocenters. The number of benzene rings is 1. The number of aryl methyl sites for hydroxylation is 1. The standard InChI is InChI=1S/C16H18ClN7O.HI/c1-18-16(19-9-13-6-7-21-24(13)2)20-10-14-22-15(23-25-14)11-4-3-5-12(17)8-11;/h3-8H,9-10H2,1-2H3,(H2,18,19,20);1H. The van der Waals surface area contributed by atoms with E-state index in [2.05, 4.69) is 30.9 Å². The fraction of sp³-hybridized carbons (Fsp3) is 0.250. The zero-order valence-electron chi connectivity index (χ0n) is 14.3. The highest BCUT2D eigenvalue weighted by Gasteiger charge is 2.10. The van der Waals surface area contributed by atoms with Crippen LogP contribution in [0.1, 0.15) is 11.6 Å². The van der Waals surface area contributed by atoms with Gasteiger partial charge >= 0.3 is 0 Å². The van der Waals surface area contributed by atoms with Crippen LogP contribution < -0.4 is 10.6 Å². The van der Waals surface area contributed by atoms with E-state index in [9.17, 15) is 0 Å². The SMILES string of the molecule is CN=C(NCc1nc(-c2cccc(Cl)c2)no1)NCc1ccnn1C.I. The molecule has 0 aliphatic heterocycles. The van der Waals surface area contributed by atoms with E-state index in [1.54, 1.807) is 30.1 Å². The van der Waals surface area contributed by atoms with Crippen molar-refractivity contribution in [2.45, 2.75) is 13.1 Å². The van der Waals surface area contributed by atoms with Crippen LogP contribution in [0.3, 0.4) is 0 Å². The van der Waals surface area contributed by atoms with E-state index in [0.29, 0.717) is 35.8 Å². The first kappa shape index (κ1) is 20.2. The largest absolute Gasteiger partial charge is 0.351 e. The molecule has 10 heteroatoms. The van der Waals surface area contributed by atoms with Gasteiger partial charge in [0.15, 0.2) is 5.96 Å². The maximum absolute atomic E-state index is 5.98. The normalized spacial score (nSPS) is 11.1. The number of aromatic nitrogens is 4. The van der Waals surface area contributed by atoms with E-state index in [1.165, 1.54) is 0 Å². The van der Waals surface area contributed by atoms with E-state index in [0.717, 1.165) is 11.3 Å². The average Bonchev–Trinajstić information content (AvgIpc) is 3.24. The number of halogens is 2. The highest BCUT2D eigenvalue weighted by Crippen LogP contribution is 2.19. The number of rotatable bonds is 5. The van der Waals surface area contributed by atoms with E-state index in [4.69, 9.17) is 16.1 Å². The van der Waals surface area contributed by atoms with Crippen molar-refractivity contribution >= 4 is 41.5 Å². The van der Waals surface area contributed by atoms with Gasteiger partial charge in [-0.15, -0.1) is 24.0 Å². The summed E-state index contributed by atoms with van der Waals surface area (Å²) >= 11 is 5.98. The van der Waals surface area contributed by atoms with Crippen LogP contribution >= 0.6 is 35.6 Å². The highest BCUT2D eigenvalue weighted by molar-refractivity contribution is 14.0. The average molecular weight is 488 g/mol. The number of guanidine groups is 1. The van der Waals surface area contributed by atoms with Crippen LogP contribution in [-0.4, -0.2) is 32.9 Å². The predicted molar refractivity (Wildman–Crippen MR) is 110 cm³/mol. The summed E-state index contributed by atoms with van der Waals surface area (Å²) in [5, 5.41) is 15.1. The Morgan fingerprint density at radius 2 is 2.08 bits per heavy atom. The van der Waals surface area contributed by atoms with Crippen molar-refractivity contribution in [3.05, 3.63) is 53.1 Å². The molecule has 3 aromatic rings. The topological polar surface area (TPSA) is 93.2 Å². The fourth-order valence-electron chi connectivity index (χ4n) is 2.20. The Labute approximate surface area is 173 Å². The van der Waals surface area contributed by atoms with E-state index in [1.807, 2.05) is 25.2 Å². The van der Waals surface area contributed by atoms with Gasteiger partial charge in [0.1, 0.15) is 0 Å². The molecule has 0 amide bonds. The van der Waals surface area contributed by atoms with Crippen molar-refractivity contribution in [2.75, 3.05) is 7.05 Å². The summed E-state index contributed by atoms with van der Waals surface area (Å²) < 4.78 is 7.06. The molecule has 0 bridgehead atoms. The van der Waals surface area contributed by atoms with Gasteiger partial charge in [0.25, 0.3) is 0 Å². The van der Waals surface area contributed by atoms with Crippen molar-refractivity contribution in [1.29, 1.82) is 0 Å². The Balaban J connectivity index is 0.00000243. The summed E-state index contributed by atoms with van der Waals surface area (Å²) in [6, 6.07) is 9.25. The Kier molecular flexibility index (Phi) is 7.39. The molecular formula is C16H19ClIN7O. The molecule has 0 atom stereocenters. The lowest BCUT2D eigenvalue weighted by atomic mass is 10.2. The Hall–Kier alpha value is -2.14. The van der Waals surface area contributed by atoms with Crippen LogP contribution in [0, 0.1) is 0 Å². The molecule has 138 valence electrons. The molecule has 2 aromatic heterocycles. The third-order valence-electron chi connectivity index (χ3n) is 3.54. The molecule has 0 aliphatic carbocycles. The van der Waals surface area contributed by atoms with Crippen LogP contribution in [0.2, 0.25) is 5.02 Å². The van der Waals surface area contributed by atoms with Crippen molar-refractivity contribution in [3.63, 3.8) is 0 Å². The molecule has 0 spiro atoms. The molecule has 2 N–H and O–H groups in total. The predicted octanol–water partition coefficient (Wildman–Crippen LogP) is 2.61. The lowest BCUT2D eigenvalue weighted by Crippen LogP contribution is -2.36. The number of aliphatic imine (C=N–C) groups is 1. The molecule has 0 radical (unpaired) electrons. The summed E-state index contributed by atoms with van der Waals surface area (Å²) in [4.78, 5) is 8.52. The smallest absolute Gasteiger partial charge is 0.246 e. The van der Waals surface area contributed by atoms with Crippen molar-refractivity contribution in [1.82, 2.24) is 30.6 Å². The molecule has 3 rings (SSSR count). The van der Waals surface area contributed by atoms with Gasteiger partial charge in [0.2, 0.25) is 11.7 Å². The van der Waals surface area contributed by atoms with E-state index in [-0.39, 0.29) is 24.0 Å². The zero-order chi connectivity index (χ0) is 17.6. The second-order valence-corrected chi connectivity index (χ2v) is 5.68. The summed E-state index contributed by atoms with van der Waals surface area (Å²) in [7, 11) is 3.59. The molecule has 0 fully saturated rings. The van der Waals surface area contributed by atoms with Gasteiger partial charge in [0, 0.05) is 30.9 Å². The van der Waals surface area contributed by atoms with Crippen LogP contribution in [-0.2, 0) is 20.1 Å². The maximum atomic E-state index is 5.98. The minimum absolute atomic E-state index is 0. The third-order valence-corrected chi connectivity index (χ3v) is 3.78. The number of hydrogen-bond donors (Lipinski definition) is 2. The van der Waals surface area contributed by atoms with Gasteiger partial charge in [-0.25, -0.2) is 0 Å². The highest BCUT2D eigenvalue weighted by atomic mass is 127. The third kappa shape index (κ3) is 5.18. The minimum atomic E-state index is 0. The minimum Gasteiger partial charge on any atom is -0.351 e. The van der Waals surface area contributed by atoms with Crippen molar-refractivity contribution in [3.8, 4) is 11.4 Å². The first-order valence-corrected chi connectivity index (χ1v) is 8.03. The van der Waals surface area contributed by atoms with Gasteiger partial charge in [-0.1, -0.05) is 28.9 Å². The number of hydrogen-bond acceptors (Lipinski definition) is 5. The van der Waals surface area contributed by atoms with Gasteiger partial charge in [-0.2, -0.15) is 10.1 Å². The van der Waals surface area contributed by atoms with E-state index >= 15 is 0 Å². The molecule has 1 aromatic carbocycles. The Bertz CT molecular complexity index is 877. The van der Waals surface area contributed by atoms with E-state index < -0.39 is 0 Å². The van der Waals surface area contributed by atoms with Gasteiger partial charge < -0.3 is 15.2 Å². The van der Waals surface area contributed by atoms with Gasteiger partial charge in [0.05, 0.1) is 18.8 Å². The van der Waals surface area contributed by atoms with Crippen LogP contribution in [0.15, 0.2) is 46.0 Å². The molecule has 0 aliphatic rings.